The summed E-state index contributed by atoms with van der Waals surface area (Å²) in [5, 5.41) is 0. The first-order chi connectivity index (χ1) is 8.83. The molecule has 3 heteroatoms. The molecule has 0 spiro atoms. The number of hydrogen-bond acceptors (Lipinski definition) is 3. The molecule has 2 aliphatic rings. The molecule has 3 rings (SSSR count). The highest BCUT2D eigenvalue weighted by atomic mass is 16.3. The van der Waals surface area contributed by atoms with Gasteiger partial charge in [-0.3, -0.25) is 9.69 Å². The first-order valence-corrected chi connectivity index (χ1v) is 7.15. The van der Waals surface area contributed by atoms with Crippen molar-refractivity contribution in [2.75, 3.05) is 13.1 Å². The van der Waals surface area contributed by atoms with E-state index in [1.165, 1.54) is 32.1 Å². The number of Topliss-reactive ketones (excluding diaryl/α,β-unsaturated/α-hetero) is 1. The Hall–Kier alpha value is -1.09. The quantitative estimate of drug-likeness (QED) is 0.769. The molecule has 0 atom stereocenters. The SMILES string of the molecule is O=C(c1ccoc1)C1(N2CCCCC2)CCCC1. The molecule has 0 amide bonds. The van der Waals surface area contributed by atoms with Crippen LogP contribution in [0.15, 0.2) is 23.0 Å². The normalized spacial score (nSPS) is 24.2. The summed E-state index contributed by atoms with van der Waals surface area (Å²) in [5.41, 5.74) is 0.534. The smallest absolute Gasteiger partial charge is 0.186 e. The van der Waals surface area contributed by atoms with Crippen molar-refractivity contribution in [1.82, 2.24) is 4.90 Å². The Morgan fingerprint density at radius 2 is 1.83 bits per heavy atom. The van der Waals surface area contributed by atoms with E-state index in [2.05, 4.69) is 4.90 Å². The van der Waals surface area contributed by atoms with Gasteiger partial charge >= 0.3 is 0 Å². The molecule has 1 aromatic rings. The van der Waals surface area contributed by atoms with Gasteiger partial charge in [0.15, 0.2) is 5.78 Å². The fourth-order valence-electron chi connectivity index (χ4n) is 3.63. The van der Waals surface area contributed by atoms with Crippen LogP contribution in [0.5, 0.6) is 0 Å². The number of likely N-dealkylation sites (tertiary alicyclic amines) is 1. The lowest BCUT2D eigenvalue weighted by atomic mass is 9.85. The van der Waals surface area contributed by atoms with Crippen LogP contribution in [-0.4, -0.2) is 29.3 Å². The molecule has 1 aliphatic heterocycles. The van der Waals surface area contributed by atoms with E-state index in [-0.39, 0.29) is 11.3 Å². The maximum absolute atomic E-state index is 12.8. The van der Waals surface area contributed by atoms with E-state index >= 15 is 0 Å². The van der Waals surface area contributed by atoms with Gasteiger partial charge in [0.05, 0.1) is 17.4 Å². The summed E-state index contributed by atoms with van der Waals surface area (Å²) in [5.74, 6) is 0.288. The van der Waals surface area contributed by atoms with Gasteiger partial charge in [-0.2, -0.15) is 0 Å². The zero-order chi connectivity index (χ0) is 12.4. The largest absolute Gasteiger partial charge is 0.472 e. The molecular formula is C15H21NO2. The van der Waals surface area contributed by atoms with E-state index in [1.807, 2.05) is 6.07 Å². The van der Waals surface area contributed by atoms with Crippen molar-refractivity contribution in [2.24, 2.45) is 0 Å². The lowest BCUT2D eigenvalue weighted by Crippen LogP contribution is -2.54. The van der Waals surface area contributed by atoms with E-state index in [0.29, 0.717) is 0 Å². The zero-order valence-corrected chi connectivity index (χ0v) is 10.9. The molecule has 98 valence electrons. The average molecular weight is 247 g/mol. The third kappa shape index (κ3) is 1.91. The van der Waals surface area contributed by atoms with E-state index in [4.69, 9.17) is 4.42 Å². The van der Waals surface area contributed by atoms with Crippen molar-refractivity contribution in [3.63, 3.8) is 0 Å². The van der Waals surface area contributed by atoms with Gasteiger partial charge in [0.25, 0.3) is 0 Å². The number of carbonyl (C=O) groups excluding carboxylic acids is 1. The molecule has 1 saturated heterocycles. The van der Waals surface area contributed by atoms with Crippen molar-refractivity contribution in [1.29, 1.82) is 0 Å². The van der Waals surface area contributed by atoms with Crippen LogP contribution in [0.4, 0.5) is 0 Å². The van der Waals surface area contributed by atoms with Crippen molar-refractivity contribution in [3.8, 4) is 0 Å². The fourth-order valence-corrected chi connectivity index (χ4v) is 3.63. The maximum atomic E-state index is 12.8. The Morgan fingerprint density at radius 1 is 1.11 bits per heavy atom. The first kappa shape index (κ1) is 12.0. The van der Waals surface area contributed by atoms with E-state index in [1.54, 1.807) is 12.5 Å². The standard InChI is InChI=1S/C15H21NO2/c17-14(13-6-11-18-12-13)15(7-2-3-8-15)16-9-4-1-5-10-16/h6,11-12H,1-5,7-10H2. The lowest BCUT2D eigenvalue weighted by molar-refractivity contribution is 0.0477. The number of nitrogens with zero attached hydrogens (tertiary/aromatic N) is 1. The van der Waals surface area contributed by atoms with Crippen LogP contribution in [0.3, 0.4) is 0 Å². The Labute approximate surface area is 108 Å². The Balaban J connectivity index is 1.88. The molecule has 1 aliphatic carbocycles. The van der Waals surface area contributed by atoms with Gasteiger partial charge in [-0.1, -0.05) is 19.3 Å². The molecular weight excluding hydrogens is 226 g/mol. The molecule has 18 heavy (non-hydrogen) atoms. The Bertz CT molecular complexity index is 398. The Morgan fingerprint density at radius 3 is 2.44 bits per heavy atom. The van der Waals surface area contributed by atoms with Gasteiger partial charge in [0, 0.05) is 0 Å². The van der Waals surface area contributed by atoms with Crippen LogP contribution in [0.2, 0.25) is 0 Å². The van der Waals surface area contributed by atoms with E-state index < -0.39 is 0 Å². The number of piperidine rings is 1. The predicted molar refractivity (Wildman–Crippen MR) is 69.7 cm³/mol. The summed E-state index contributed by atoms with van der Waals surface area (Å²) < 4.78 is 5.09. The summed E-state index contributed by atoms with van der Waals surface area (Å²) in [7, 11) is 0. The lowest BCUT2D eigenvalue weighted by Gasteiger charge is -2.42. The second-order valence-electron chi connectivity index (χ2n) is 5.63. The average Bonchev–Trinajstić information content (AvgIpc) is 3.11. The Kier molecular flexibility index (Phi) is 3.25. The fraction of sp³-hybridized carbons (Fsp3) is 0.667. The molecule has 0 radical (unpaired) electrons. The number of rotatable bonds is 3. The zero-order valence-electron chi connectivity index (χ0n) is 10.9. The van der Waals surface area contributed by atoms with Gasteiger partial charge in [-0.15, -0.1) is 0 Å². The molecule has 2 heterocycles. The van der Waals surface area contributed by atoms with Gasteiger partial charge in [0.2, 0.25) is 0 Å². The first-order valence-electron chi connectivity index (χ1n) is 7.15. The molecule has 1 aromatic heterocycles. The highest BCUT2D eigenvalue weighted by Gasteiger charge is 2.46. The maximum Gasteiger partial charge on any atom is 0.186 e. The number of furan rings is 1. The summed E-state index contributed by atoms with van der Waals surface area (Å²) >= 11 is 0. The summed E-state index contributed by atoms with van der Waals surface area (Å²) in [6.07, 6.45) is 11.4. The van der Waals surface area contributed by atoms with Crippen molar-refractivity contribution in [3.05, 3.63) is 24.2 Å². The summed E-state index contributed by atoms with van der Waals surface area (Å²) in [6, 6.07) is 1.81. The van der Waals surface area contributed by atoms with Gasteiger partial charge in [-0.05, 0) is 44.8 Å². The molecule has 0 unspecified atom stereocenters. The topological polar surface area (TPSA) is 33.5 Å². The van der Waals surface area contributed by atoms with Crippen LogP contribution >= 0.6 is 0 Å². The highest BCUT2D eigenvalue weighted by Crippen LogP contribution is 2.39. The van der Waals surface area contributed by atoms with Gasteiger partial charge in [0.1, 0.15) is 6.26 Å². The molecule has 2 fully saturated rings. The molecule has 1 saturated carbocycles. The van der Waals surface area contributed by atoms with Crippen molar-refractivity contribution in [2.45, 2.75) is 50.5 Å². The minimum absolute atomic E-state index is 0.218. The van der Waals surface area contributed by atoms with Crippen LogP contribution in [0.25, 0.3) is 0 Å². The minimum Gasteiger partial charge on any atom is -0.472 e. The number of hydrogen-bond donors (Lipinski definition) is 0. The van der Waals surface area contributed by atoms with Crippen LogP contribution in [0.1, 0.15) is 55.3 Å². The molecule has 3 nitrogen and oxygen atoms in total. The van der Waals surface area contributed by atoms with Gasteiger partial charge in [-0.25, -0.2) is 0 Å². The van der Waals surface area contributed by atoms with Crippen molar-refractivity contribution < 1.29 is 9.21 Å². The van der Waals surface area contributed by atoms with E-state index in [9.17, 15) is 4.79 Å². The van der Waals surface area contributed by atoms with Crippen LogP contribution in [-0.2, 0) is 0 Å². The molecule has 0 aromatic carbocycles. The summed E-state index contributed by atoms with van der Waals surface area (Å²) in [6.45, 7) is 2.17. The second-order valence-corrected chi connectivity index (χ2v) is 5.63. The van der Waals surface area contributed by atoms with Gasteiger partial charge < -0.3 is 4.42 Å². The number of ketones is 1. The molecule has 0 bridgehead atoms. The number of carbonyl (C=O) groups is 1. The monoisotopic (exact) mass is 247 g/mol. The predicted octanol–water partition coefficient (Wildman–Crippen LogP) is 3.26. The third-order valence-corrected chi connectivity index (χ3v) is 4.60. The van der Waals surface area contributed by atoms with Crippen LogP contribution in [0, 0.1) is 0 Å². The highest BCUT2D eigenvalue weighted by molar-refractivity contribution is 6.03. The van der Waals surface area contributed by atoms with Crippen molar-refractivity contribution >= 4 is 5.78 Å². The third-order valence-electron chi connectivity index (χ3n) is 4.60. The second kappa shape index (κ2) is 4.88. The minimum atomic E-state index is -0.218. The van der Waals surface area contributed by atoms with Crippen LogP contribution < -0.4 is 0 Å². The molecule has 0 N–H and O–H groups in total. The summed E-state index contributed by atoms with van der Waals surface area (Å²) in [4.78, 5) is 15.3. The van der Waals surface area contributed by atoms with E-state index in [0.717, 1.165) is 31.5 Å².